The van der Waals surface area contributed by atoms with Gasteiger partial charge in [-0.2, -0.15) is 0 Å². The smallest absolute Gasteiger partial charge is 0.339 e. The van der Waals surface area contributed by atoms with E-state index in [1.54, 1.807) is 6.08 Å². The molecule has 0 aromatic heterocycles. The van der Waals surface area contributed by atoms with Gasteiger partial charge in [0.15, 0.2) is 5.60 Å². The van der Waals surface area contributed by atoms with Crippen molar-refractivity contribution in [2.45, 2.75) is 25.4 Å². The summed E-state index contributed by atoms with van der Waals surface area (Å²) in [5, 5.41) is 9.52. The highest BCUT2D eigenvalue weighted by Crippen LogP contribution is 2.06. The van der Waals surface area contributed by atoms with E-state index in [1.807, 2.05) is 0 Å². The van der Waals surface area contributed by atoms with Crippen LogP contribution in [0.2, 0.25) is 0 Å². The third-order valence-corrected chi connectivity index (χ3v) is 1.71. The summed E-state index contributed by atoms with van der Waals surface area (Å²) in [7, 11) is 1.23. The van der Waals surface area contributed by atoms with Crippen molar-refractivity contribution in [3.05, 3.63) is 12.7 Å². The third-order valence-electron chi connectivity index (χ3n) is 1.71. The molecule has 0 fully saturated rings. The summed E-state index contributed by atoms with van der Waals surface area (Å²) in [5.74, 6) is -0.679. The number of carbonyl (C=O) groups is 1. The van der Waals surface area contributed by atoms with Crippen molar-refractivity contribution >= 4 is 5.97 Å². The molecule has 1 unspecified atom stereocenters. The summed E-state index contributed by atoms with van der Waals surface area (Å²) in [6.07, 6.45) is 3.49. The lowest BCUT2D eigenvalue weighted by Crippen LogP contribution is -2.41. The first-order valence-electron chi connectivity index (χ1n) is 4.54. The minimum absolute atomic E-state index is 0.0448. The molecule has 0 saturated carbocycles. The first-order valence-corrected chi connectivity index (χ1v) is 4.54. The number of ether oxygens (including phenoxy) is 2. The molecule has 4 nitrogen and oxygen atoms in total. The maximum atomic E-state index is 11.0. The van der Waals surface area contributed by atoms with Crippen LogP contribution in [0.1, 0.15) is 19.8 Å². The fourth-order valence-corrected chi connectivity index (χ4v) is 0.879. The van der Waals surface area contributed by atoms with Gasteiger partial charge in [0, 0.05) is 6.61 Å². The molecule has 0 aliphatic carbocycles. The zero-order chi connectivity index (χ0) is 11.0. The second-order valence-electron chi connectivity index (χ2n) is 3.25. The van der Waals surface area contributed by atoms with Crippen LogP contribution in [-0.4, -0.2) is 37.0 Å². The topological polar surface area (TPSA) is 55.8 Å². The van der Waals surface area contributed by atoms with Crippen LogP contribution < -0.4 is 0 Å². The molecule has 0 aliphatic heterocycles. The average Bonchev–Trinajstić information content (AvgIpc) is 2.16. The summed E-state index contributed by atoms with van der Waals surface area (Å²) in [6, 6.07) is 0. The van der Waals surface area contributed by atoms with Crippen LogP contribution in [0.15, 0.2) is 12.7 Å². The van der Waals surface area contributed by atoms with Crippen molar-refractivity contribution in [2.24, 2.45) is 0 Å². The highest BCUT2D eigenvalue weighted by Gasteiger charge is 2.31. The highest BCUT2D eigenvalue weighted by atomic mass is 16.6. The normalized spacial score (nSPS) is 14.5. The zero-order valence-electron chi connectivity index (χ0n) is 8.78. The van der Waals surface area contributed by atoms with E-state index in [-0.39, 0.29) is 6.61 Å². The standard InChI is InChI=1S/C10H18O4/c1-4-5-6-7-14-8-10(2,12)9(11)13-3/h4,12H,1,5-8H2,2-3H3. The Bertz CT molecular complexity index is 187. The molecule has 82 valence electrons. The van der Waals surface area contributed by atoms with E-state index in [2.05, 4.69) is 11.3 Å². The van der Waals surface area contributed by atoms with Crippen molar-refractivity contribution in [1.82, 2.24) is 0 Å². The Balaban J connectivity index is 3.65. The van der Waals surface area contributed by atoms with Crippen molar-refractivity contribution in [1.29, 1.82) is 0 Å². The molecular weight excluding hydrogens is 184 g/mol. The lowest BCUT2D eigenvalue weighted by atomic mass is 10.1. The van der Waals surface area contributed by atoms with Gasteiger partial charge in [-0.1, -0.05) is 6.08 Å². The fraction of sp³-hybridized carbons (Fsp3) is 0.700. The van der Waals surface area contributed by atoms with E-state index in [4.69, 9.17) is 4.74 Å². The van der Waals surface area contributed by atoms with Crippen LogP contribution in [0.25, 0.3) is 0 Å². The molecule has 0 amide bonds. The van der Waals surface area contributed by atoms with Crippen molar-refractivity contribution < 1.29 is 19.4 Å². The second-order valence-corrected chi connectivity index (χ2v) is 3.25. The van der Waals surface area contributed by atoms with Gasteiger partial charge in [0.1, 0.15) is 0 Å². The van der Waals surface area contributed by atoms with Gasteiger partial charge in [0.25, 0.3) is 0 Å². The molecule has 0 heterocycles. The number of hydrogen-bond acceptors (Lipinski definition) is 4. The molecule has 1 N–H and O–H groups in total. The molecule has 0 aromatic rings. The molecule has 14 heavy (non-hydrogen) atoms. The van der Waals surface area contributed by atoms with Gasteiger partial charge in [-0.15, -0.1) is 6.58 Å². The molecule has 0 radical (unpaired) electrons. The summed E-state index contributed by atoms with van der Waals surface area (Å²) >= 11 is 0. The lowest BCUT2D eigenvalue weighted by molar-refractivity contribution is -0.166. The number of unbranched alkanes of at least 4 members (excludes halogenated alkanes) is 1. The van der Waals surface area contributed by atoms with Crippen LogP contribution in [0.4, 0.5) is 0 Å². The number of rotatable bonds is 7. The van der Waals surface area contributed by atoms with Gasteiger partial charge in [0.05, 0.1) is 13.7 Å². The van der Waals surface area contributed by atoms with Crippen LogP contribution in [0.5, 0.6) is 0 Å². The number of carbonyl (C=O) groups excluding carboxylic acids is 1. The highest BCUT2D eigenvalue weighted by molar-refractivity contribution is 5.78. The van der Waals surface area contributed by atoms with Gasteiger partial charge in [-0.05, 0) is 19.8 Å². The minimum atomic E-state index is -1.55. The van der Waals surface area contributed by atoms with Crippen molar-refractivity contribution in [3.8, 4) is 0 Å². The van der Waals surface area contributed by atoms with E-state index >= 15 is 0 Å². The van der Waals surface area contributed by atoms with Gasteiger partial charge >= 0.3 is 5.97 Å². The van der Waals surface area contributed by atoms with E-state index in [1.165, 1.54) is 14.0 Å². The summed E-state index contributed by atoms with van der Waals surface area (Å²) in [4.78, 5) is 11.0. The zero-order valence-corrected chi connectivity index (χ0v) is 8.78. The van der Waals surface area contributed by atoms with Crippen LogP contribution >= 0.6 is 0 Å². The van der Waals surface area contributed by atoms with Crippen LogP contribution in [0.3, 0.4) is 0 Å². The molecule has 0 saturated heterocycles. The predicted octanol–water partition coefficient (Wildman–Crippen LogP) is 0.893. The predicted molar refractivity (Wildman–Crippen MR) is 52.9 cm³/mol. The second kappa shape index (κ2) is 6.56. The first kappa shape index (κ1) is 13.1. The molecule has 0 aromatic carbocycles. The molecule has 4 heteroatoms. The maximum absolute atomic E-state index is 11.0. The quantitative estimate of drug-likeness (QED) is 0.378. The Morgan fingerprint density at radius 3 is 2.79 bits per heavy atom. The number of esters is 1. The number of allylic oxidation sites excluding steroid dienone is 1. The molecular formula is C10H18O4. The Morgan fingerprint density at radius 1 is 1.64 bits per heavy atom. The van der Waals surface area contributed by atoms with Crippen molar-refractivity contribution in [2.75, 3.05) is 20.3 Å². The number of methoxy groups -OCH3 is 1. The number of aliphatic hydroxyl groups is 1. The Hall–Kier alpha value is -0.870. The largest absolute Gasteiger partial charge is 0.467 e. The van der Waals surface area contributed by atoms with Gasteiger partial charge in [-0.3, -0.25) is 0 Å². The first-order chi connectivity index (χ1) is 6.54. The van der Waals surface area contributed by atoms with E-state index < -0.39 is 11.6 Å². The SMILES string of the molecule is C=CCCCOCC(C)(O)C(=O)OC. The third kappa shape index (κ3) is 4.99. The van der Waals surface area contributed by atoms with Crippen LogP contribution in [0, 0.1) is 0 Å². The number of hydrogen-bond donors (Lipinski definition) is 1. The Morgan fingerprint density at radius 2 is 2.29 bits per heavy atom. The monoisotopic (exact) mass is 202 g/mol. The van der Waals surface area contributed by atoms with E-state index in [0.29, 0.717) is 6.61 Å². The van der Waals surface area contributed by atoms with Gasteiger partial charge in [-0.25, -0.2) is 4.79 Å². The van der Waals surface area contributed by atoms with E-state index in [9.17, 15) is 9.90 Å². The molecule has 1 atom stereocenters. The maximum Gasteiger partial charge on any atom is 0.339 e. The van der Waals surface area contributed by atoms with Crippen LogP contribution in [-0.2, 0) is 14.3 Å². The molecule has 0 spiro atoms. The molecule has 0 rings (SSSR count). The van der Waals surface area contributed by atoms with E-state index in [0.717, 1.165) is 12.8 Å². The summed E-state index contributed by atoms with van der Waals surface area (Å²) in [6.45, 7) is 5.39. The molecule has 0 aliphatic rings. The summed E-state index contributed by atoms with van der Waals surface area (Å²) in [5.41, 5.74) is -1.55. The summed E-state index contributed by atoms with van der Waals surface area (Å²) < 4.78 is 9.53. The van der Waals surface area contributed by atoms with Gasteiger partial charge < -0.3 is 14.6 Å². The fourth-order valence-electron chi connectivity index (χ4n) is 0.879. The van der Waals surface area contributed by atoms with Crippen molar-refractivity contribution in [3.63, 3.8) is 0 Å². The Labute approximate surface area is 84.5 Å². The minimum Gasteiger partial charge on any atom is -0.467 e. The Kier molecular flexibility index (Phi) is 6.16. The molecule has 0 bridgehead atoms. The lowest BCUT2D eigenvalue weighted by Gasteiger charge is -2.19. The average molecular weight is 202 g/mol. The van der Waals surface area contributed by atoms with Gasteiger partial charge in [0.2, 0.25) is 0 Å².